The van der Waals surface area contributed by atoms with Crippen LogP contribution in [0.15, 0.2) is 48.5 Å². The third-order valence-corrected chi connectivity index (χ3v) is 6.35. The molecule has 5 heteroatoms. The predicted octanol–water partition coefficient (Wildman–Crippen LogP) is 5.12. The highest BCUT2D eigenvalue weighted by Crippen LogP contribution is 2.36. The maximum absolute atomic E-state index is 12.5. The van der Waals surface area contributed by atoms with E-state index in [1.165, 1.54) is 12.8 Å². The van der Waals surface area contributed by atoms with Crippen molar-refractivity contribution in [1.29, 1.82) is 0 Å². The Morgan fingerprint density at radius 1 is 1.00 bits per heavy atom. The van der Waals surface area contributed by atoms with E-state index in [1.807, 2.05) is 36.4 Å². The second-order valence-corrected chi connectivity index (χ2v) is 8.47. The van der Waals surface area contributed by atoms with E-state index in [0.717, 1.165) is 42.9 Å². The molecular weight excluding hydrogens is 376 g/mol. The molecule has 2 aliphatic rings. The van der Waals surface area contributed by atoms with Crippen molar-refractivity contribution < 1.29 is 14.3 Å². The molecule has 2 aliphatic heterocycles. The molecule has 0 aromatic heterocycles. The van der Waals surface area contributed by atoms with Gasteiger partial charge in [0.1, 0.15) is 17.6 Å². The van der Waals surface area contributed by atoms with Crippen LogP contribution in [-0.2, 0) is 0 Å². The number of amides is 1. The third-order valence-electron chi connectivity index (χ3n) is 6.35. The zero-order valence-corrected chi connectivity index (χ0v) is 18.0. The Labute approximate surface area is 179 Å². The van der Waals surface area contributed by atoms with Crippen LogP contribution in [0.4, 0.5) is 5.69 Å². The number of rotatable bonds is 8. The highest BCUT2D eigenvalue weighted by molar-refractivity contribution is 6.04. The van der Waals surface area contributed by atoms with Gasteiger partial charge in [0.25, 0.3) is 5.91 Å². The molecule has 4 rings (SSSR count). The number of nitrogens with one attached hydrogen (secondary N) is 1. The Hall–Kier alpha value is -2.53. The van der Waals surface area contributed by atoms with Gasteiger partial charge in [-0.1, -0.05) is 13.3 Å². The van der Waals surface area contributed by atoms with Crippen molar-refractivity contribution in [2.75, 3.05) is 19.0 Å². The zero-order chi connectivity index (χ0) is 20.9. The van der Waals surface area contributed by atoms with Gasteiger partial charge in [-0.05, 0) is 87.7 Å². The molecule has 2 bridgehead atoms. The molecule has 2 heterocycles. The minimum absolute atomic E-state index is 0.129. The average Bonchev–Trinajstić information content (AvgIpc) is 2.96. The van der Waals surface area contributed by atoms with Gasteiger partial charge in [0.15, 0.2) is 0 Å². The lowest BCUT2D eigenvalue weighted by molar-refractivity contribution is 0.0662. The molecule has 2 aromatic rings. The smallest absolute Gasteiger partial charge is 0.255 e. The normalized spacial score (nSPS) is 23.2. The van der Waals surface area contributed by atoms with Crippen molar-refractivity contribution in [3.05, 3.63) is 54.1 Å². The predicted molar refractivity (Wildman–Crippen MR) is 119 cm³/mol. The minimum Gasteiger partial charge on any atom is -0.494 e. The molecule has 2 saturated heterocycles. The summed E-state index contributed by atoms with van der Waals surface area (Å²) >= 11 is 0. The van der Waals surface area contributed by atoms with E-state index < -0.39 is 0 Å². The van der Waals surface area contributed by atoms with E-state index in [-0.39, 0.29) is 12.0 Å². The van der Waals surface area contributed by atoms with Gasteiger partial charge in [-0.25, -0.2) is 0 Å². The number of carbonyl (C=O) groups is 1. The second kappa shape index (κ2) is 9.52. The van der Waals surface area contributed by atoms with Crippen molar-refractivity contribution >= 4 is 11.6 Å². The Kier molecular flexibility index (Phi) is 6.58. The van der Waals surface area contributed by atoms with Gasteiger partial charge >= 0.3 is 0 Å². The first-order valence-electron chi connectivity index (χ1n) is 11.1. The first-order chi connectivity index (χ1) is 14.6. The molecule has 1 N–H and O–H groups in total. The highest BCUT2D eigenvalue weighted by Gasteiger charge is 2.39. The van der Waals surface area contributed by atoms with E-state index in [9.17, 15) is 4.79 Å². The molecule has 2 fully saturated rings. The molecule has 0 aliphatic carbocycles. The van der Waals surface area contributed by atoms with E-state index >= 15 is 0 Å². The molecule has 2 aromatic carbocycles. The summed E-state index contributed by atoms with van der Waals surface area (Å²) in [6, 6.07) is 16.3. The Morgan fingerprint density at radius 3 is 2.27 bits per heavy atom. The average molecular weight is 409 g/mol. The van der Waals surface area contributed by atoms with Crippen LogP contribution in [0.1, 0.15) is 55.8 Å². The van der Waals surface area contributed by atoms with E-state index in [4.69, 9.17) is 9.47 Å². The topological polar surface area (TPSA) is 50.8 Å². The summed E-state index contributed by atoms with van der Waals surface area (Å²) in [6.45, 7) is 2.84. The molecule has 2 unspecified atom stereocenters. The maximum Gasteiger partial charge on any atom is 0.255 e. The number of nitrogens with zero attached hydrogens (tertiary/aromatic N) is 1. The lowest BCUT2D eigenvalue weighted by Gasteiger charge is -2.36. The number of carbonyl (C=O) groups excluding carboxylic acids is 1. The third kappa shape index (κ3) is 4.96. The van der Waals surface area contributed by atoms with E-state index in [0.29, 0.717) is 24.3 Å². The molecule has 5 nitrogen and oxygen atoms in total. The standard InChI is InChI=1S/C25H32N2O3/c1-3-4-15-29-22-11-5-18(6-12-22)25(28)26-19-7-13-23(14-8-19)30-24-16-20-9-10-21(17-24)27(20)2/h5-8,11-14,20-21,24H,3-4,9-10,15-17H2,1-2H3,(H,26,28). The number of anilines is 1. The lowest BCUT2D eigenvalue weighted by atomic mass is 10.0. The number of hydrogen-bond donors (Lipinski definition) is 1. The molecule has 0 spiro atoms. The van der Waals surface area contributed by atoms with Crippen LogP contribution in [0, 0.1) is 0 Å². The molecule has 30 heavy (non-hydrogen) atoms. The maximum atomic E-state index is 12.5. The summed E-state index contributed by atoms with van der Waals surface area (Å²) in [6.07, 6.45) is 7.20. The van der Waals surface area contributed by atoms with Gasteiger partial charge in [-0.3, -0.25) is 4.79 Å². The lowest BCUT2D eigenvalue weighted by Crippen LogP contribution is -2.43. The molecule has 160 valence electrons. The van der Waals surface area contributed by atoms with Crippen molar-refractivity contribution in [2.24, 2.45) is 0 Å². The Balaban J connectivity index is 1.28. The van der Waals surface area contributed by atoms with Gasteiger partial charge < -0.3 is 19.7 Å². The van der Waals surface area contributed by atoms with Gasteiger partial charge in [0.05, 0.1) is 6.61 Å². The fourth-order valence-electron chi connectivity index (χ4n) is 4.51. The summed E-state index contributed by atoms with van der Waals surface area (Å²) in [5.74, 6) is 1.54. The van der Waals surface area contributed by atoms with Gasteiger partial charge in [-0.2, -0.15) is 0 Å². The van der Waals surface area contributed by atoms with Crippen LogP contribution in [0.2, 0.25) is 0 Å². The van der Waals surface area contributed by atoms with Crippen LogP contribution in [0.25, 0.3) is 0 Å². The van der Waals surface area contributed by atoms with Crippen LogP contribution in [0.3, 0.4) is 0 Å². The summed E-state index contributed by atoms with van der Waals surface area (Å²) in [7, 11) is 2.24. The van der Waals surface area contributed by atoms with Gasteiger partial charge in [-0.15, -0.1) is 0 Å². The fraction of sp³-hybridized carbons (Fsp3) is 0.480. The van der Waals surface area contributed by atoms with E-state index in [1.54, 1.807) is 12.1 Å². The number of piperidine rings is 1. The molecule has 0 radical (unpaired) electrons. The molecule has 0 saturated carbocycles. The molecular formula is C25H32N2O3. The Bertz CT molecular complexity index is 820. The number of ether oxygens (including phenoxy) is 2. The monoisotopic (exact) mass is 408 g/mol. The summed E-state index contributed by atoms with van der Waals surface area (Å²) in [5, 5.41) is 2.95. The van der Waals surface area contributed by atoms with Crippen LogP contribution < -0.4 is 14.8 Å². The number of unbranched alkanes of at least 4 members (excludes halogenated alkanes) is 1. The summed E-state index contributed by atoms with van der Waals surface area (Å²) in [5.41, 5.74) is 1.37. The van der Waals surface area contributed by atoms with E-state index in [2.05, 4.69) is 24.2 Å². The van der Waals surface area contributed by atoms with Gasteiger partial charge in [0.2, 0.25) is 0 Å². The first kappa shape index (κ1) is 20.7. The largest absolute Gasteiger partial charge is 0.494 e. The van der Waals surface area contributed by atoms with Crippen LogP contribution in [0.5, 0.6) is 11.5 Å². The van der Waals surface area contributed by atoms with Crippen LogP contribution >= 0.6 is 0 Å². The van der Waals surface area contributed by atoms with Crippen molar-refractivity contribution in [2.45, 2.75) is 63.6 Å². The minimum atomic E-state index is -0.129. The number of fused-ring (bicyclic) bond motifs is 2. The second-order valence-electron chi connectivity index (χ2n) is 8.47. The summed E-state index contributed by atoms with van der Waals surface area (Å²) < 4.78 is 11.9. The first-order valence-corrected chi connectivity index (χ1v) is 11.1. The molecule has 2 atom stereocenters. The summed E-state index contributed by atoms with van der Waals surface area (Å²) in [4.78, 5) is 15.0. The molecule has 1 amide bonds. The quantitative estimate of drug-likeness (QED) is 0.616. The van der Waals surface area contributed by atoms with Crippen molar-refractivity contribution in [1.82, 2.24) is 4.90 Å². The number of hydrogen-bond acceptors (Lipinski definition) is 4. The number of benzene rings is 2. The van der Waals surface area contributed by atoms with Gasteiger partial charge in [0, 0.05) is 23.3 Å². The van der Waals surface area contributed by atoms with Crippen molar-refractivity contribution in [3.8, 4) is 11.5 Å². The fourth-order valence-corrected chi connectivity index (χ4v) is 4.51. The van der Waals surface area contributed by atoms with Crippen molar-refractivity contribution in [3.63, 3.8) is 0 Å². The SMILES string of the molecule is CCCCOc1ccc(C(=O)Nc2ccc(OC3CC4CCC(C3)N4C)cc2)cc1. The Morgan fingerprint density at radius 2 is 1.63 bits per heavy atom. The highest BCUT2D eigenvalue weighted by atomic mass is 16.5. The van der Waals surface area contributed by atoms with Crippen LogP contribution in [-0.4, -0.2) is 42.6 Å². The zero-order valence-electron chi connectivity index (χ0n) is 18.0.